The molecule has 1 saturated heterocycles. The largest absolute Gasteiger partial charge is 0.443 e. The topological polar surface area (TPSA) is 69.6 Å². The summed E-state index contributed by atoms with van der Waals surface area (Å²) in [5.41, 5.74) is -0.276. The summed E-state index contributed by atoms with van der Waals surface area (Å²) < 4.78 is 40.6. The Hall–Kier alpha value is -1.46. The van der Waals surface area contributed by atoms with Crippen molar-refractivity contribution in [2.45, 2.75) is 109 Å². The first-order valence-corrected chi connectivity index (χ1v) is 16.8. The molecule has 37 heavy (non-hydrogen) atoms. The van der Waals surface area contributed by atoms with Gasteiger partial charge in [-0.3, -0.25) is 9.89 Å². The van der Waals surface area contributed by atoms with Gasteiger partial charge in [-0.2, -0.15) is 0 Å². The molecular formula is C27H43FN2O5SSi. The van der Waals surface area contributed by atoms with Crippen LogP contribution in [0.25, 0.3) is 0 Å². The summed E-state index contributed by atoms with van der Waals surface area (Å²) in [6.07, 6.45) is -3.39. The normalized spacial score (nSPS) is 26.4. The van der Waals surface area contributed by atoms with E-state index in [0.29, 0.717) is 11.7 Å². The van der Waals surface area contributed by atoms with E-state index in [4.69, 9.17) is 18.6 Å². The number of nitrogens with zero attached hydrogens (tertiary/aromatic N) is 2. The molecule has 1 fully saturated rings. The summed E-state index contributed by atoms with van der Waals surface area (Å²) in [4.78, 5) is 18.8. The highest BCUT2D eigenvalue weighted by molar-refractivity contribution is 8.14. The number of hydrogen-bond donors (Lipinski definition) is 0. The molecule has 5 atom stereocenters. The van der Waals surface area contributed by atoms with Gasteiger partial charge in [-0.15, -0.1) is 0 Å². The number of carbonyl (C=O) groups is 1. The molecule has 0 bridgehead atoms. The SMILES string of the molecule is CCN(C(=O)OC(C)(C)C)C1=N[C@@H]2[C@@H](F)[C@H](OCc3ccccc3)[C@@H](CO[Si](C)(C)C(C)(C)C)O[C@@H]2S1. The average Bonchev–Trinajstić information content (AvgIpc) is 3.20. The van der Waals surface area contributed by atoms with Gasteiger partial charge in [0.25, 0.3) is 0 Å². The van der Waals surface area contributed by atoms with E-state index in [2.05, 4.69) is 38.9 Å². The van der Waals surface area contributed by atoms with Gasteiger partial charge in [-0.05, 0) is 51.4 Å². The van der Waals surface area contributed by atoms with Gasteiger partial charge in [0.2, 0.25) is 0 Å². The number of benzene rings is 1. The Kier molecular flexibility index (Phi) is 9.54. The molecule has 0 unspecified atom stereocenters. The quantitative estimate of drug-likeness (QED) is 0.364. The Morgan fingerprint density at radius 2 is 1.81 bits per heavy atom. The van der Waals surface area contributed by atoms with Crippen LogP contribution in [0.15, 0.2) is 35.3 Å². The highest BCUT2D eigenvalue weighted by Gasteiger charge is 2.52. The van der Waals surface area contributed by atoms with Gasteiger partial charge in [0, 0.05) is 6.54 Å². The lowest BCUT2D eigenvalue weighted by Gasteiger charge is -2.42. The highest BCUT2D eigenvalue weighted by Crippen LogP contribution is 2.42. The van der Waals surface area contributed by atoms with Crippen LogP contribution < -0.4 is 0 Å². The van der Waals surface area contributed by atoms with Crippen molar-refractivity contribution >= 4 is 31.3 Å². The highest BCUT2D eigenvalue weighted by atomic mass is 32.2. The molecule has 2 aliphatic heterocycles. The smallest absolute Gasteiger partial charge is 0.416 e. The van der Waals surface area contributed by atoms with Crippen molar-refractivity contribution in [1.29, 1.82) is 0 Å². The number of aliphatic imine (C=N–C) groups is 1. The van der Waals surface area contributed by atoms with Crippen LogP contribution in [0.4, 0.5) is 9.18 Å². The molecule has 1 aromatic carbocycles. The molecule has 0 radical (unpaired) electrons. The number of amides is 1. The fraction of sp³-hybridized carbons (Fsp3) is 0.704. The lowest BCUT2D eigenvalue weighted by Crippen LogP contribution is -2.56. The molecule has 0 spiro atoms. The van der Waals surface area contributed by atoms with Gasteiger partial charge >= 0.3 is 6.09 Å². The van der Waals surface area contributed by atoms with Crippen molar-refractivity contribution in [3.63, 3.8) is 0 Å². The molecule has 10 heteroatoms. The van der Waals surface area contributed by atoms with Crippen LogP contribution in [0.2, 0.25) is 18.1 Å². The minimum Gasteiger partial charge on any atom is -0.443 e. The van der Waals surface area contributed by atoms with E-state index in [9.17, 15) is 4.79 Å². The fourth-order valence-corrected chi connectivity index (χ4v) is 6.05. The predicted molar refractivity (Wildman–Crippen MR) is 149 cm³/mol. The number of ether oxygens (including phenoxy) is 3. The zero-order valence-electron chi connectivity index (χ0n) is 23.6. The van der Waals surface area contributed by atoms with Crippen LogP contribution in [0.5, 0.6) is 0 Å². The number of hydrogen-bond acceptors (Lipinski definition) is 7. The van der Waals surface area contributed by atoms with Crippen molar-refractivity contribution in [2.75, 3.05) is 13.2 Å². The molecule has 0 aromatic heterocycles. The third-order valence-corrected chi connectivity index (χ3v) is 12.6. The van der Waals surface area contributed by atoms with Gasteiger partial charge in [-0.1, -0.05) is 62.9 Å². The van der Waals surface area contributed by atoms with Crippen molar-refractivity contribution < 1.29 is 27.8 Å². The molecule has 0 aliphatic carbocycles. The van der Waals surface area contributed by atoms with E-state index in [0.717, 1.165) is 5.56 Å². The standard InChI is InChI=1S/C27H43FN2O5SSi/c1-10-30(25(31)35-26(2,3)4)24-29-21-20(28)22(32-16-18-14-12-11-13-15-18)19(34-23(21)36-24)17-33-37(8,9)27(5,6)7/h11-15,19-23H,10,16-17H2,1-9H3/t19-,20-,21-,22-,23-/m1/s1. The molecule has 7 nitrogen and oxygen atoms in total. The molecule has 208 valence electrons. The summed E-state index contributed by atoms with van der Waals surface area (Å²) >= 11 is 1.26. The summed E-state index contributed by atoms with van der Waals surface area (Å²) in [6.45, 7) is 18.9. The summed E-state index contributed by atoms with van der Waals surface area (Å²) in [5.74, 6) is 0. The Morgan fingerprint density at radius 3 is 2.38 bits per heavy atom. The van der Waals surface area contributed by atoms with Gasteiger partial charge in [0.15, 0.2) is 19.7 Å². The van der Waals surface area contributed by atoms with Gasteiger partial charge in [-0.25, -0.2) is 9.18 Å². The molecule has 0 N–H and O–H groups in total. The van der Waals surface area contributed by atoms with E-state index in [-0.39, 0.29) is 18.3 Å². The second-order valence-electron chi connectivity index (χ2n) is 12.1. The van der Waals surface area contributed by atoms with Crippen molar-refractivity contribution in [3.05, 3.63) is 35.9 Å². The van der Waals surface area contributed by atoms with Crippen LogP contribution in [-0.2, 0) is 25.2 Å². The van der Waals surface area contributed by atoms with E-state index in [1.807, 2.05) is 58.0 Å². The van der Waals surface area contributed by atoms with E-state index in [1.165, 1.54) is 16.7 Å². The molecular weight excluding hydrogens is 511 g/mol. The average molecular weight is 555 g/mol. The predicted octanol–water partition coefficient (Wildman–Crippen LogP) is 6.39. The number of halogens is 1. The van der Waals surface area contributed by atoms with Gasteiger partial charge < -0.3 is 18.6 Å². The van der Waals surface area contributed by atoms with E-state index >= 15 is 4.39 Å². The summed E-state index contributed by atoms with van der Waals surface area (Å²) in [7, 11) is -2.10. The zero-order valence-corrected chi connectivity index (χ0v) is 25.4. The van der Waals surface area contributed by atoms with Gasteiger partial charge in [0.05, 0.1) is 13.2 Å². The Balaban J connectivity index is 1.80. The lowest BCUT2D eigenvalue weighted by molar-refractivity contribution is -0.169. The maximum Gasteiger partial charge on any atom is 0.416 e. The second kappa shape index (κ2) is 11.7. The Bertz CT molecular complexity index is 950. The maximum atomic E-state index is 16.1. The lowest BCUT2D eigenvalue weighted by atomic mass is 9.99. The number of amidine groups is 1. The number of rotatable bonds is 7. The molecule has 0 saturated carbocycles. The first-order chi connectivity index (χ1) is 17.1. The van der Waals surface area contributed by atoms with Gasteiger partial charge in [0.1, 0.15) is 29.3 Å². The number of alkyl halides is 1. The van der Waals surface area contributed by atoms with Crippen molar-refractivity contribution in [1.82, 2.24) is 4.90 Å². The number of thioether (sulfide) groups is 1. The Morgan fingerprint density at radius 1 is 1.16 bits per heavy atom. The third-order valence-electron chi connectivity index (χ3n) is 6.94. The second-order valence-corrected chi connectivity index (χ2v) is 17.9. The van der Waals surface area contributed by atoms with Crippen LogP contribution in [-0.4, -0.2) is 73.1 Å². The minimum absolute atomic E-state index is 0.00709. The first-order valence-electron chi connectivity index (χ1n) is 13.0. The van der Waals surface area contributed by atoms with Crippen LogP contribution in [0.3, 0.4) is 0 Å². The van der Waals surface area contributed by atoms with Crippen molar-refractivity contribution in [2.24, 2.45) is 4.99 Å². The zero-order chi connectivity index (χ0) is 27.6. The number of carbonyl (C=O) groups excluding carboxylic acids is 1. The Labute approximate surface area is 226 Å². The van der Waals surface area contributed by atoms with E-state index in [1.54, 1.807) is 0 Å². The monoisotopic (exact) mass is 554 g/mol. The molecule has 1 amide bonds. The molecule has 1 aromatic rings. The molecule has 2 heterocycles. The number of fused-ring (bicyclic) bond motifs is 1. The van der Waals surface area contributed by atoms with E-state index < -0.39 is 49.9 Å². The third kappa shape index (κ3) is 7.56. The minimum atomic E-state index is -2.10. The van der Waals surface area contributed by atoms with Crippen LogP contribution in [0.1, 0.15) is 54.0 Å². The summed E-state index contributed by atoms with van der Waals surface area (Å²) in [5, 5.41) is 0.412. The van der Waals surface area contributed by atoms with Crippen LogP contribution in [0, 0.1) is 0 Å². The summed E-state index contributed by atoms with van der Waals surface area (Å²) in [6, 6.07) is 8.89. The molecule has 3 rings (SSSR count). The molecule has 2 aliphatic rings. The van der Waals surface area contributed by atoms with Crippen LogP contribution >= 0.6 is 11.8 Å². The fourth-order valence-electron chi connectivity index (χ4n) is 3.77. The first kappa shape index (κ1) is 30.1. The van der Waals surface area contributed by atoms with Crippen molar-refractivity contribution in [3.8, 4) is 0 Å². The maximum absolute atomic E-state index is 16.1.